The molecule has 0 saturated carbocycles. The zero-order valence-corrected chi connectivity index (χ0v) is 15.8. The zero-order chi connectivity index (χ0) is 18.5. The molecule has 2 aromatic heterocycles. The van der Waals surface area contributed by atoms with Crippen molar-refractivity contribution in [3.8, 4) is 0 Å². The lowest BCUT2D eigenvalue weighted by atomic mass is 10.1. The van der Waals surface area contributed by atoms with E-state index in [0.29, 0.717) is 26.1 Å². The highest BCUT2D eigenvalue weighted by molar-refractivity contribution is 5.76. The SMILES string of the molecule is Cc1cc(N(C)C)cc([C@H]2CN(C(=O)CCCn3ccnc3)CCO2)n1. The topological polar surface area (TPSA) is 63.5 Å². The van der Waals surface area contributed by atoms with Crippen LogP contribution in [-0.4, -0.2) is 59.1 Å². The van der Waals surface area contributed by atoms with E-state index in [1.807, 2.05) is 48.8 Å². The van der Waals surface area contributed by atoms with E-state index in [4.69, 9.17) is 4.74 Å². The first-order valence-corrected chi connectivity index (χ1v) is 9.04. The Morgan fingerprint density at radius 1 is 1.38 bits per heavy atom. The average Bonchev–Trinajstić information content (AvgIpc) is 3.14. The molecule has 7 nitrogen and oxygen atoms in total. The highest BCUT2D eigenvalue weighted by Gasteiger charge is 2.26. The first kappa shape index (κ1) is 18.4. The molecule has 1 fully saturated rings. The maximum atomic E-state index is 12.6. The lowest BCUT2D eigenvalue weighted by molar-refractivity contribution is -0.139. The monoisotopic (exact) mass is 357 g/mol. The molecule has 1 saturated heterocycles. The van der Waals surface area contributed by atoms with Crippen LogP contribution in [0.1, 0.15) is 30.3 Å². The Hall–Kier alpha value is -2.41. The second kappa shape index (κ2) is 8.31. The molecule has 1 atom stereocenters. The minimum Gasteiger partial charge on any atom is -0.378 e. The van der Waals surface area contributed by atoms with Crippen molar-refractivity contribution in [3.05, 3.63) is 42.2 Å². The largest absolute Gasteiger partial charge is 0.378 e. The van der Waals surface area contributed by atoms with E-state index in [9.17, 15) is 4.79 Å². The van der Waals surface area contributed by atoms with Gasteiger partial charge < -0.3 is 19.1 Å². The van der Waals surface area contributed by atoms with Crippen molar-refractivity contribution in [1.29, 1.82) is 0 Å². The first-order valence-electron chi connectivity index (χ1n) is 9.04. The van der Waals surface area contributed by atoms with Crippen LogP contribution in [0.4, 0.5) is 5.69 Å². The van der Waals surface area contributed by atoms with Gasteiger partial charge in [0.25, 0.3) is 0 Å². The number of aryl methyl sites for hydroxylation is 2. The summed E-state index contributed by atoms with van der Waals surface area (Å²) in [7, 11) is 4.02. The van der Waals surface area contributed by atoms with Crippen LogP contribution in [-0.2, 0) is 16.1 Å². The number of morpholine rings is 1. The Kier molecular flexibility index (Phi) is 5.88. The number of anilines is 1. The van der Waals surface area contributed by atoms with Gasteiger partial charge >= 0.3 is 0 Å². The molecule has 0 spiro atoms. The van der Waals surface area contributed by atoms with Crippen molar-refractivity contribution in [3.63, 3.8) is 0 Å². The lowest BCUT2D eigenvalue weighted by Gasteiger charge is -2.33. The first-order chi connectivity index (χ1) is 12.5. The van der Waals surface area contributed by atoms with Crippen LogP contribution in [0.5, 0.6) is 0 Å². The summed E-state index contributed by atoms with van der Waals surface area (Å²) in [6.07, 6.45) is 6.63. The highest BCUT2D eigenvalue weighted by Crippen LogP contribution is 2.25. The number of carbonyl (C=O) groups excluding carboxylic acids is 1. The third-order valence-corrected chi connectivity index (χ3v) is 4.59. The number of aromatic nitrogens is 3. The number of rotatable bonds is 6. The van der Waals surface area contributed by atoms with E-state index >= 15 is 0 Å². The van der Waals surface area contributed by atoms with Crippen molar-refractivity contribution >= 4 is 11.6 Å². The van der Waals surface area contributed by atoms with Gasteiger partial charge in [-0.25, -0.2) is 4.98 Å². The molecule has 1 aliphatic rings. The van der Waals surface area contributed by atoms with Crippen molar-refractivity contribution in [2.24, 2.45) is 0 Å². The summed E-state index contributed by atoms with van der Waals surface area (Å²) in [5.74, 6) is 0.180. The number of carbonyl (C=O) groups is 1. The number of ether oxygens (including phenoxy) is 1. The molecule has 0 N–H and O–H groups in total. The van der Waals surface area contributed by atoms with E-state index in [0.717, 1.165) is 30.0 Å². The van der Waals surface area contributed by atoms with E-state index < -0.39 is 0 Å². The van der Waals surface area contributed by atoms with E-state index in [1.54, 1.807) is 12.5 Å². The third kappa shape index (κ3) is 4.60. The summed E-state index contributed by atoms with van der Waals surface area (Å²) in [4.78, 5) is 25.2. The third-order valence-electron chi connectivity index (χ3n) is 4.59. The molecule has 0 bridgehead atoms. The van der Waals surface area contributed by atoms with Crippen molar-refractivity contribution in [1.82, 2.24) is 19.4 Å². The fourth-order valence-electron chi connectivity index (χ4n) is 3.14. The van der Waals surface area contributed by atoms with Crippen LogP contribution in [0, 0.1) is 6.92 Å². The molecule has 0 aromatic carbocycles. The smallest absolute Gasteiger partial charge is 0.222 e. The van der Waals surface area contributed by atoms with Crippen LogP contribution in [0.3, 0.4) is 0 Å². The molecular weight excluding hydrogens is 330 g/mol. The summed E-state index contributed by atoms with van der Waals surface area (Å²) in [6, 6.07) is 4.09. The Morgan fingerprint density at radius 3 is 2.96 bits per heavy atom. The molecule has 1 aliphatic heterocycles. The molecule has 0 radical (unpaired) electrons. The molecule has 2 aromatic rings. The fraction of sp³-hybridized carbons (Fsp3) is 0.526. The van der Waals surface area contributed by atoms with E-state index in [2.05, 4.69) is 14.9 Å². The van der Waals surface area contributed by atoms with Gasteiger partial charge in [-0.2, -0.15) is 0 Å². The average molecular weight is 357 g/mol. The standard InChI is InChI=1S/C19H27N5O2/c1-15-11-16(22(2)3)12-17(21-15)18-13-24(9-10-26-18)19(25)5-4-7-23-8-6-20-14-23/h6,8,11-12,14,18H,4-5,7,9-10,13H2,1-3H3/t18-/m1/s1. The van der Waals surface area contributed by atoms with Crippen LogP contribution in [0.15, 0.2) is 30.9 Å². The molecule has 26 heavy (non-hydrogen) atoms. The molecule has 0 aliphatic carbocycles. The predicted octanol–water partition coefficient (Wildman–Crippen LogP) is 2.03. The Morgan fingerprint density at radius 2 is 2.23 bits per heavy atom. The molecule has 0 unspecified atom stereocenters. The Balaban J connectivity index is 1.59. The Labute approximate surface area is 154 Å². The number of hydrogen-bond donors (Lipinski definition) is 0. The number of nitrogens with zero attached hydrogens (tertiary/aromatic N) is 5. The van der Waals surface area contributed by atoms with E-state index in [1.165, 1.54) is 0 Å². The van der Waals surface area contributed by atoms with Crippen LogP contribution in [0.2, 0.25) is 0 Å². The zero-order valence-electron chi connectivity index (χ0n) is 15.8. The van der Waals surface area contributed by atoms with E-state index in [-0.39, 0.29) is 12.0 Å². The molecule has 140 valence electrons. The van der Waals surface area contributed by atoms with Crippen molar-refractivity contribution in [2.75, 3.05) is 38.7 Å². The molecular formula is C19H27N5O2. The molecule has 1 amide bonds. The number of hydrogen-bond acceptors (Lipinski definition) is 5. The Bertz CT molecular complexity index is 730. The van der Waals surface area contributed by atoms with Gasteiger partial charge in [0.2, 0.25) is 5.91 Å². The van der Waals surface area contributed by atoms with Crippen molar-refractivity contribution < 1.29 is 9.53 Å². The summed E-state index contributed by atoms with van der Waals surface area (Å²) >= 11 is 0. The maximum absolute atomic E-state index is 12.6. The number of imidazole rings is 1. The van der Waals surface area contributed by atoms with Gasteiger partial charge in [0.15, 0.2) is 0 Å². The van der Waals surface area contributed by atoms with Gasteiger partial charge in [-0.15, -0.1) is 0 Å². The highest BCUT2D eigenvalue weighted by atomic mass is 16.5. The van der Waals surface area contributed by atoms with Crippen LogP contribution in [0.25, 0.3) is 0 Å². The quantitative estimate of drug-likeness (QED) is 0.792. The summed E-state index contributed by atoms with van der Waals surface area (Å²) < 4.78 is 7.91. The lowest BCUT2D eigenvalue weighted by Crippen LogP contribution is -2.42. The maximum Gasteiger partial charge on any atom is 0.222 e. The van der Waals surface area contributed by atoms with Gasteiger partial charge in [0.05, 0.1) is 25.2 Å². The van der Waals surface area contributed by atoms with Gasteiger partial charge in [0, 0.05) is 57.4 Å². The second-order valence-corrected chi connectivity index (χ2v) is 6.89. The van der Waals surface area contributed by atoms with Crippen molar-refractivity contribution in [2.45, 2.75) is 32.4 Å². The number of pyridine rings is 1. The minimum absolute atomic E-state index is 0.167. The summed E-state index contributed by atoms with van der Waals surface area (Å²) in [5, 5.41) is 0. The van der Waals surface area contributed by atoms with Crippen LogP contribution < -0.4 is 4.90 Å². The normalized spacial score (nSPS) is 17.3. The molecule has 7 heteroatoms. The fourth-order valence-corrected chi connectivity index (χ4v) is 3.14. The molecule has 3 heterocycles. The van der Waals surface area contributed by atoms with Gasteiger partial charge in [-0.05, 0) is 25.5 Å². The number of amides is 1. The second-order valence-electron chi connectivity index (χ2n) is 6.89. The van der Waals surface area contributed by atoms with Crippen LogP contribution >= 0.6 is 0 Å². The van der Waals surface area contributed by atoms with Gasteiger partial charge in [0.1, 0.15) is 6.10 Å². The van der Waals surface area contributed by atoms with Gasteiger partial charge in [-0.3, -0.25) is 9.78 Å². The minimum atomic E-state index is -0.167. The summed E-state index contributed by atoms with van der Waals surface area (Å²) in [5.41, 5.74) is 2.95. The molecule has 3 rings (SSSR count). The predicted molar refractivity (Wildman–Crippen MR) is 100 cm³/mol. The summed E-state index contributed by atoms with van der Waals surface area (Å²) in [6.45, 7) is 4.55. The van der Waals surface area contributed by atoms with Gasteiger partial charge in [-0.1, -0.05) is 0 Å².